The summed E-state index contributed by atoms with van der Waals surface area (Å²) in [6.45, 7) is 2.48. The first kappa shape index (κ1) is 19.2. The van der Waals surface area contributed by atoms with Gasteiger partial charge in [0.1, 0.15) is 0 Å². The van der Waals surface area contributed by atoms with Crippen LogP contribution >= 0.6 is 0 Å². The molecule has 0 N–H and O–H groups in total. The second-order valence-electron chi connectivity index (χ2n) is 6.34. The Labute approximate surface area is 156 Å². The number of alkyl halides is 3. The molecule has 0 atom stereocenters. The number of benzene rings is 2. The topological polar surface area (TPSA) is 29.5 Å². The van der Waals surface area contributed by atoms with Crippen LogP contribution in [0.5, 0.6) is 0 Å². The fourth-order valence-electron chi connectivity index (χ4n) is 3.03. The van der Waals surface area contributed by atoms with Crippen molar-refractivity contribution in [3.8, 4) is 0 Å². The third kappa shape index (κ3) is 5.20. The quantitative estimate of drug-likeness (QED) is 0.734. The fourth-order valence-corrected chi connectivity index (χ4v) is 3.03. The minimum Gasteiger partial charge on any atom is -0.378 e. The maximum atomic E-state index is 12.9. The molecule has 3 nitrogen and oxygen atoms in total. The average Bonchev–Trinajstić information content (AvgIpc) is 2.67. The number of rotatable bonds is 5. The van der Waals surface area contributed by atoms with E-state index in [0.29, 0.717) is 31.9 Å². The van der Waals surface area contributed by atoms with Gasteiger partial charge in [-0.25, -0.2) is 0 Å². The molecule has 1 saturated heterocycles. The molecule has 0 unspecified atom stereocenters. The Hall–Kier alpha value is -2.60. The first-order chi connectivity index (χ1) is 12.9. The molecule has 1 aliphatic heterocycles. The van der Waals surface area contributed by atoms with Crippen LogP contribution in [0.3, 0.4) is 0 Å². The first-order valence-corrected chi connectivity index (χ1v) is 8.72. The largest absolute Gasteiger partial charge is 0.416 e. The monoisotopic (exact) mass is 375 g/mol. The van der Waals surface area contributed by atoms with Crippen LogP contribution in [0.2, 0.25) is 0 Å². The van der Waals surface area contributed by atoms with Crippen LogP contribution in [-0.4, -0.2) is 37.0 Å². The van der Waals surface area contributed by atoms with Gasteiger partial charge < -0.3 is 9.64 Å². The van der Waals surface area contributed by atoms with Crippen LogP contribution in [0.15, 0.2) is 60.7 Å². The lowest BCUT2D eigenvalue weighted by Crippen LogP contribution is -2.35. The van der Waals surface area contributed by atoms with Gasteiger partial charge in [-0.2, -0.15) is 13.2 Å². The third-order valence-corrected chi connectivity index (χ3v) is 4.35. The fraction of sp³-hybridized carbons (Fsp3) is 0.286. The standard InChI is InChI=1S/C21H20F3NO2/c22-21(23,24)18-8-4-5-16(13-18)14-19(26)15-20(17-6-2-1-3-7-17)25-9-11-27-12-10-25/h1-8,13,15H,9-12,14H2/b20-15+. The van der Waals surface area contributed by atoms with E-state index in [1.54, 1.807) is 0 Å². The van der Waals surface area contributed by atoms with Gasteiger partial charge in [-0.1, -0.05) is 48.5 Å². The van der Waals surface area contributed by atoms with Crippen molar-refractivity contribution in [1.82, 2.24) is 4.90 Å². The van der Waals surface area contributed by atoms with Crippen molar-refractivity contribution >= 4 is 11.5 Å². The van der Waals surface area contributed by atoms with Crippen LogP contribution in [0.4, 0.5) is 13.2 Å². The Morgan fingerprint density at radius 1 is 1.04 bits per heavy atom. The lowest BCUT2D eigenvalue weighted by molar-refractivity contribution is -0.137. The predicted molar refractivity (Wildman–Crippen MR) is 97.0 cm³/mol. The summed E-state index contributed by atoms with van der Waals surface area (Å²) in [6, 6.07) is 14.4. The Morgan fingerprint density at radius 3 is 2.41 bits per heavy atom. The summed E-state index contributed by atoms with van der Waals surface area (Å²) in [5.41, 5.74) is 1.28. The summed E-state index contributed by atoms with van der Waals surface area (Å²) >= 11 is 0. The number of ketones is 1. The van der Waals surface area contributed by atoms with E-state index in [4.69, 9.17) is 4.74 Å². The van der Waals surface area contributed by atoms with E-state index in [9.17, 15) is 18.0 Å². The molecule has 0 aromatic heterocycles. The summed E-state index contributed by atoms with van der Waals surface area (Å²) in [5, 5.41) is 0. The second kappa shape index (κ2) is 8.39. The summed E-state index contributed by atoms with van der Waals surface area (Å²) in [7, 11) is 0. The number of allylic oxidation sites excluding steroid dienone is 1. The number of ether oxygens (including phenoxy) is 1. The SMILES string of the molecule is O=C(/C=C(\c1ccccc1)N1CCOCC1)Cc1cccc(C(F)(F)F)c1. The molecule has 3 rings (SSSR count). The van der Waals surface area contributed by atoms with E-state index in [2.05, 4.69) is 4.90 Å². The maximum Gasteiger partial charge on any atom is 0.416 e. The number of morpholine rings is 1. The molecule has 1 fully saturated rings. The van der Waals surface area contributed by atoms with Gasteiger partial charge in [0, 0.05) is 31.3 Å². The van der Waals surface area contributed by atoms with Gasteiger partial charge in [-0.3, -0.25) is 4.79 Å². The minimum atomic E-state index is -4.42. The number of carbonyl (C=O) groups is 1. The smallest absolute Gasteiger partial charge is 0.378 e. The van der Waals surface area contributed by atoms with Crippen molar-refractivity contribution in [1.29, 1.82) is 0 Å². The van der Waals surface area contributed by atoms with Crippen molar-refractivity contribution in [2.24, 2.45) is 0 Å². The van der Waals surface area contributed by atoms with Crippen molar-refractivity contribution in [3.05, 3.63) is 77.4 Å². The molecule has 0 spiro atoms. The summed E-state index contributed by atoms with van der Waals surface area (Å²) in [6.07, 6.45) is -2.97. The van der Waals surface area contributed by atoms with Crippen molar-refractivity contribution < 1.29 is 22.7 Å². The van der Waals surface area contributed by atoms with Gasteiger partial charge in [0.05, 0.1) is 18.8 Å². The third-order valence-electron chi connectivity index (χ3n) is 4.35. The zero-order chi connectivity index (χ0) is 19.3. The minimum absolute atomic E-state index is 0.0788. The highest BCUT2D eigenvalue weighted by atomic mass is 19.4. The average molecular weight is 375 g/mol. The zero-order valence-electron chi connectivity index (χ0n) is 14.7. The highest BCUT2D eigenvalue weighted by molar-refractivity contribution is 5.97. The Bertz CT molecular complexity index is 810. The zero-order valence-corrected chi connectivity index (χ0v) is 14.7. The van der Waals surface area contributed by atoms with Gasteiger partial charge in [0.15, 0.2) is 5.78 Å². The Morgan fingerprint density at radius 2 is 1.74 bits per heavy atom. The lowest BCUT2D eigenvalue weighted by Gasteiger charge is -2.31. The normalized spacial score (nSPS) is 15.7. The van der Waals surface area contributed by atoms with E-state index in [0.717, 1.165) is 23.4 Å². The molecule has 27 heavy (non-hydrogen) atoms. The number of halogens is 3. The Kier molecular flexibility index (Phi) is 5.96. The predicted octanol–water partition coefficient (Wildman–Crippen LogP) is 4.19. The summed E-state index contributed by atoms with van der Waals surface area (Å²) < 4.78 is 44.0. The molecule has 0 amide bonds. The van der Waals surface area contributed by atoms with Crippen molar-refractivity contribution in [2.45, 2.75) is 12.6 Å². The van der Waals surface area contributed by atoms with Crippen LogP contribution in [0, 0.1) is 0 Å². The van der Waals surface area contributed by atoms with Gasteiger partial charge in [0.2, 0.25) is 0 Å². The van der Waals surface area contributed by atoms with Crippen molar-refractivity contribution in [2.75, 3.05) is 26.3 Å². The molecule has 1 aliphatic rings. The molecule has 6 heteroatoms. The molecule has 0 radical (unpaired) electrons. The van der Waals surface area contributed by atoms with Gasteiger partial charge in [0.25, 0.3) is 0 Å². The Balaban J connectivity index is 1.83. The first-order valence-electron chi connectivity index (χ1n) is 8.72. The molecule has 0 bridgehead atoms. The number of hydrogen-bond donors (Lipinski definition) is 0. The second-order valence-corrected chi connectivity index (χ2v) is 6.34. The summed E-state index contributed by atoms with van der Waals surface area (Å²) in [5.74, 6) is -0.236. The van der Waals surface area contributed by atoms with Crippen LogP contribution in [0.25, 0.3) is 5.70 Å². The number of carbonyl (C=O) groups excluding carboxylic acids is 1. The van der Waals surface area contributed by atoms with Crippen LogP contribution < -0.4 is 0 Å². The molecular weight excluding hydrogens is 355 g/mol. The van der Waals surface area contributed by atoms with Gasteiger partial charge in [-0.05, 0) is 17.2 Å². The van der Waals surface area contributed by atoms with Crippen molar-refractivity contribution in [3.63, 3.8) is 0 Å². The maximum absolute atomic E-state index is 12.9. The van der Waals surface area contributed by atoms with E-state index < -0.39 is 11.7 Å². The molecule has 0 aliphatic carbocycles. The van der Waals surface area contributed by atoms with E-state index >= 15 is 0 Å². The highest BCUT2D eigenvalue weighted by Crippen LogP contribution is 2.29. The van der Waals surface area contributed by atoms with Crippen LogP contribution in [-0.2, 0) is 22.1 Å². The molecule has 2 aromatic rings. The molecule has 1 heterocycles. The number of hydrogen-bond acceptors (Lipinski definition) is 3. The van der Waals surface area contributed by atoms with Crippen LogP contribution in [0.1, 0.15) is 16.7 Å². The van der Waals surface area contributed by atoms with E-state index in [1.807, 2.05) is 30.3 Å². The van der Waals surface area contributed by atoms with E-state index in [1.165, 1.54) is 18.2 Å². The highest BCUT2D eigenvalue weighted by Gasteiger charge is 2.30. The van der Waals surface area contributed by atoms with Gasteiger partial charge in [-0.15, -0.1) is 0 Å². The molecule has 142 valence electrons. The lowest BCUT2D eigenvalue weighted by atomic mass is 10.0. The molecule has 2 aromatic carbocycles. The van der Waals surface area contributed by atoms with E-state index in [-0.39, 0.29) is 12.2 Å². The van der Waals surface area contributed by atoms with Gasteiger partial charge >= 0.3 is 6.18 Å². The number of nitrogens with zero attached hydrogens (tertiary/aromatic N) is 1. The molecular formula is C21H20F3NO2. The molecule has 0 saturated carbocycles. The summed E-state index contributed by atoms with van der Waals surface area (Å²) in [4.78, 5) is 14.7.